The highest BCUT2D eigenvalue weighted by molar-refractivity contribution is 5.85. The molecule has 0 aromatic rings. The first-order valence-corrected chi connectivity index (χ1v) is 6.90. The molecule has 1 aliphatic carbocycles. The summed E-state index contributed by atoms with van der Waals surface area (Å²) in [5.74, 6) is 1.69. The van der Waals surface area contributed by atoms with Crippen molar-refractivity contribution in [2.45, 2.75) is 66.2 Å². The van der Waals surface area contributed by atoms with E-state index in [1.165, 1.54) is 19.3 Å². The molecule has 0 heterocycles. The largest absolute Gasteiger partial charge is 0.300 e. The molecule has 0 N–H and O–H groups in total. The van der Waals surface area contributed by atoms with E-state index in [-0.39, 0.29) is 11.6 Å². The van der Waals surface area contributed by atoms with Gasteiger partial charge in [0.1, 0.15) is 11.6 Å². The standard InChI is InChI=1S/C15H26O2/c1-5-6-7-13-14(15(13,3)4)10-12(17)9-8-11(2)16/h13-14H,5-10H2,1-4H3/t13-,14+/m1/s1. The molecule has 1 aliphatic rings. The molecule has 0 spiro atoms. The molecule has 0 aliphatic heterocycles. The lowest BCUT2D eigenvalue weighted by Gasteiger charge is -2.01. The Balaban J connectivity index is 2.32. The number of Topliss-reactive ketones (excluding diaryl/α,β-unsaturated/α-hetero) is 2. The first-order chi connectivity index (χ1) is 7.89. The quantitative estimate of drug-likeness (QED) is 0.645. The Morgan fingerprint density at radius 1 is 1.12 bits per heavy atom. The number of hydrogen-bond acceptors (Lipinski definition) is 2. The van der Waals surface area contributed by atoms with Crippen LogP contribution in [0.4, 0.5) is 0 Å². The summed E-state index contributed by atoms with van der Waals surface area (Å²) >= 11 is 0. The number of hydrogen-bond donors (Lipinski definition) is 0. The Morgan fingerprint density at radius 2 is 1.76 bits per heavy atom. The molecule has 0 amide bonds. The summed E-state index contributed by atoms with van der Waals surface area (Å²) in [6.45, 7) is 8.31. The van der Waals surface area contributed by atoms with E-state index in [2.05, 4.69) is 20.8 Å². The first kappa shape index (κ1) is 14.4. The number of carbonyl (C=O) groups excluding carboxylic acids is 2. The summed E-state index contributed by atoms with van der Waals surface area (Å²) in [7, 11) is 0. The van der Waals surface area contributed by atoms with Gasteiger partial charge in [0.25, 0.3) is 0 Å². The second kappa shape index (κ2) is 5.79. The third-order valence-corrected chi connectivity index (χ3v) is 4.36. The molecule has 98 valence electrons. The molecule has 2 atom stereocenters. The molecule has 1 fully saturated rings. The maximum absolute atomic E-state index is 11.8. The van der Waals surface area contributed by atoms with Crippen molar-refractivity contribution in [2.75, 3.05) is 0 Å². The summed E-state index contributed by atoms with van der Waals surface area (Å²) < 4.78 is 0. The van der Waals surface area contributed by atoms with Gasteiger partial charge < -0.3 is 4.79 Å². The van der Waals surface area contributed by atoms with Crippen LogP contribution in [0.5, 0.6) is 0 Å². The zero-order chi connectivity index (χ0) is 13.1. The fourth-order valence-electron chi connectivity index (χ4n) is 2.92. The number of carbonyl (C=O) groups is 2. The van der Waals surface area contributed by atoms with Crippen LogP contribution in [-0.4, -0.2) is 11.6 Å². The van der Waals surface area contributed by atoms with Gasteiger partial charge in [-0.05, 0) is 30.6 Å². The molecule has 2 heteroatoms. The Bertz CT molecular complexity index is 291. The smallest absolute Gasteiger partial charge is 0.133 e. The second-order valence-corrected chi connectivity index (χ2v) is 6.12. The molecular weight excluding hydrogens is 212 g/mol. The van der Waals surface area contributed by atoms with Crippen LogP contribution in [0.15, 0.2) is 0 Å². The third kappa shape index (κ3) is 3.93. The fraction of sp³-hybridized carbons (Fsp3) is 0.867. The lowest BCUT2D eigenvalue weighted by molar-refractivity contribution is -0.123. The Labute approximate surface area is 105 Å². The summed E-state index contributed by atoms with van der Waals surface area (Å²) in [4.78, 5) is 22.6. The fourth-order valence-corrected chi connectivity index (χ4v) is 2.92. The molecule has 0 bridgehead atoms. The van der Waals surface area contributed by atoms with Crippen LogP contribution in [0.3, 0.4) is 0 Å². The van der Waals surface area contributed by atoms with Gasteiger partial charge in [-0.3, -0.25) is 4.79 Å². The van der Waals surface area contributed by atoms with Crippen molar-refractivity contribution in [2.24, 2.45) is 17.3 Å². The normalized spacial score (nSPS) is 25.6. The SMILES string of the molecule is CCCC[C@@H]1[C@H](CC(=O)CCC(C)=O)C1(C)C. The van der Waals surface area contributed by atoms with Gasteiger partial charge in [-0.15, -0.1) is 0 Å². The van der Waals surface area contributed by atoms with Gasteiger partial charge in [0.2, 0.25) is 0 Å². The van der Waals surface area contributed by atoms with E-state index >= 15 is 0 Å². The van der Waals surface area contributed by atoms with Crippen molar-refractivity contribution in [1.29, 1.82) is 0 Å². The summed E-state index contributed by atoms with van der Waals surface area (Å²) in [6, 6.07) is 0. The highest BCUT2D eigenvalue weighted by atomic mass is 16.1. The molecule has 0 aromatic heterocycles. The van der Waals surface area contributed by atoms with Crippen molar-refractivity contribution in [3.63, 3.8) is 0 Å². The number of rotatable bonds is 8. The van der Waals surface area contributed by atoms with Crippen molar-refractivity contribution in [3.8, 4) is 0 Å². The monoisotopic (exact) mass is 238 g/mol. The van der Waals surface area contributed by atoms with Gasteiger partial charge in [0.15, 0.2) is 0 Å². The van der Waals surface area contributed by atoms with Crippen LogP contribution in [0.2, 0.25) is 0 Å². The topological polar surface area (TPSA) is 34.1 Å². The van der Waals surface area contributed by atoms with Crippen molar-refractivity contribution in [1.82, 2.24) is 0 Å². The van der Waals surface area contributed by atoms with Crippen LogP contribution in [0, 0.1) is 17.3 Å². The molecule has 0 radical (unpaired) electrons. The third-order valence-electron chi connectivity index (χ3n) is 4.36. The summed E-state index contributed by atoms with van der Waals surface area (Å²) in [6.07, 6.45) is 5.32. The molecule has 0 unspecified atom stereocenters. The van der Waals surface area contributed by atoms with Crippen molar-refractivity contribution >= 4 is 11.6 Å². The highest BCUT2D eigenvalue weighted by Crippen LogP contribution is 2.62. The number of ketones is 2. The van der Waals surface area contributed by atoms with E-state index in [0.29, 0.717) is 30.6 Å². The molecule has 1 saturated carbocycles. The van der Waals surface area contributed by atoms with E-state index in [1.807, 2.05) is 0 Å². The zero-order valence-electron chi connectivity index (χ0n) is 11.7. The Hall–Kier alpha value is -0.660. The van der Waals surface area contributed by atoms with Crippen LogP contribution in [0.1, 0.15) is 66.2 Å². The van der Waals surface area contributed by atoms with Gasteiger partial charge in [0, 0.05) is 19.3 Å². The zero-order valence-corrected chi connectivity index (χ0v) is 11.7. The minimum atomic E-state index is 0.121. The summed E-state index contributed by atoms with van der Waals surface area (Å²) in [5, 5.41) is 0. The summed E-state index contributed by atoms with van der Waals surface area (Å²) in [5.41, 5.74) is 0.348. The molecule has 17 heavy (non-hydrogen) atoms. The van der Waals surface area contributed by atoms with Gasteiger partial charge in [0.05, 0.1) is 0 Å². The predicted molar refractivity (Wildman–Crippen MR) is 69.8 cm³/mol. The van der Waals surface area contributed by atoms with E-state index in [1.54, 1.807) is 6.92 Å². The lowest BCUT2D eigenvalue weighted by Crippen LogP contribution is -2.04. The highest BCUT2D eigenvalue weighted by Gasteiger charge is 2.56. The van der Waals surface area contributed by atoms with Crippen molar-refractivity contribution in [3.05, 3.63) is 0 Å². The molecule has 0 aromatic carbocycles. The molecular formula is C15H26O2. The van der Waals surface area contributed by atoms with Crippen LogP contribution in [0.25, 0.3) is 0 Å². The van der Waals surface area contributed by atoms with Crippen LogP contribution >= 0.6 is 0 Å². The minimum Gasteiger partial charge on any atom is -0.300 e. The molecule has 1 rings (SSSR count). The van der Waals surface area contributed by atoms with Gasteiger partial charge >= 0.3 is 0 Å². The van der Waals surface area contributed by atoms with Gasteiger partial charge in [-0.2, -0.15) is 0 Å². The van der Waals surface area contributed by atoms with Crippen LogP contribution in [-0.2, 0) is 9.59 Å². The molecule has 2 nitrogen and oxygen atoms in total. The van der Waals surface area contributed by atoms with E-state index < -0.39 is 0 Å². The second-order valence-electron chi connectivity index (χ2n) is 6.12. The van der Waals surface area contributed by atoms with Crippen LogP contribution < -0.4 is 0 Å². The van der Waals surface area contributed by atoms with Gasteiger partial charge in [-0.25, -0.2) is 0 Å². The van der Waals surface area contributed by atoms with E-state index in [9.17, 15) is 9.59 Å². The predicted octanol–water partition coefficient (Wildman–Crippen LogP) is 3.78. The Morgan fingerprint density at radius 3 is 2.29 bits per heavy atom. The van der Waals surface area contributed by atoms with Crippen molar-refractivity contribution < 1.29 is 9.59 Å². The molecule has 0 saturated heterocycles. The first-order valence-electron chi connectivity index (χ1n) is 6.90. The van der Waals surface area contributed by atoms with E-state index in [4.69, 9.17) is 0 Å². The average molecular weight is 238 g/mol. The average Bonchev–Trinajstić information content (AvgIpc) is 2.74. The lowest BCUT2D eigenvalue weighted by atomic mass is 10.0. The van der Waals surface area contributed by atoms with Gasteiger partial charge in [-0.1, -0.05) is 33.6 Å². The number of unbranched alkanes of at least 4 members (excludes halogenated alkanes) is 1. The minimum absolute atomic E-state index is 0.121. The Kier molecular flexibility index (Phi) is 4.91. The maximum atomic E-state index is 11.8. The maximum Gasteiger partial charge on any atom is 0.133 e. The van der Waals surface area contributed by atoms with E-state index in [0.717, 1.165) is 5.92 Å².